The molecule has 1 fully saturated rings. The number of nitrogens with one attached hydrogen (secondary N) is 1. The zero-order valence-corrected chi connectivity index (χ0v) is 17.9. The largest absolute Gasteiger partial charge is 0.348 e. The predicted octanol–water partition coefficient (Wildman–Crippen LogP) is 2.39. The zero-order valence-electron chi connectivity index (χ0n) is 17.0. The van der Waals surface area contributed by atoms with Crippen molar-refractivity contribution in [2.24, 2.45) is 0 Å². The maximum atomic E-state index is 12.4. The molecule has 0 aromatic heterocycles. The van der Waals surface area contributed by atoms with Gasteiger partial charge in [0.15, 0.2) is 0 Å². The van der Waals surface area contributed by atoms with Crippen LogP contribution in [0.25, 0.3) is 6.08 Å². The lowest BCUT2D eigenvalue weighted by Gasteiger charge is -2.15. The molecule has 0 spiro atoms. The van der Waals surface area contributed by atoms with E-state index >= 15 is 0 Å². The maximum Gasteiger partial charge on any atom is 0.244 e. The quantitative estimate of drug-likeness (QED) is 0.688. The van der Waals surface area contributed by atoms with E-state index in [0.717, 1.165) is 28.5 Å². The number of amides is 2. The van der Waals surface area contributed by atoms with E-state index in [1.165, 1.54) is 26.2 Å². The second kappa shape index (κ2) is 9.23. The van der Waals surface area contributed by atoms with Crippen molar-refractivity contribution in [3.8, 4) is 0 Å². The minimum absolute atomic E-state index is 0.0996. The van der Waals surface area contributed by atoms with E-state index in [4.69, 9.17) is 0 Å². The Morgan fingerprint density at radius 3 is 2.47 bits per heavy atom. The Labute approximate surface area is 177 Å². The Balaban J connectivity index is 1.62. The Hall–Kier alpha value is -2.97. The first-order valence-electron chi connectivity index (χ1n) is 9.66. The molecule has 30 heavy (non-hydrogen) atoms. The predicted molar refractivity (Wildman–Crippen MR) is 116 cm³/mol. The highest BCUT2D eigenvalue weighted by Gasteiger charge is 2.21. The third kappa shape index (κ3) is 4.95. The fourth-order valence-corrected chi connectivity index (χ4v) is 4.31. The molecule has 8 heteroatoms. The van der Waals surface area contributed by atoms with Crippen molar-refractivity contribution in [3.05, 3.63) is 65.7 Å². The van der Waals surface area contributed by atoms with Gasteiger partial charge in [-0.15, -0.1) is 0 Å². The highest BCUT2D eigenvalue weighted by molar-refractivity contribution is 7.89. The number of rotatable bonds is 7. The van der Waals surface area contributed by atoms with Crippen LogP contribution in [0.5, 0.6) is 0 Å². The molecule has 0 saturated carbocycles. The number of nitrogens with zero attached hydrogens (tertiary/aromatic N) is 2. The highest BCUT2D eigenvalue weighted by atomic mass is 32.2. The first-order chi connectivity index (χ1) is 14.3. The molecule has 2 amide bonds. The number of sulfonamides is 1. The van der Waals surface area contributed by atoms with Crippen molar-refractivity contribution >= 4 is 33.6 Å². The van der Waals surface area contributed by atoms with Crippen molar-refractivity contribution in [1.29, 1.82) is 0 Å². The highest BCUT2D eigenvalue weighted by Crippen LogP contribution is 2.22. The molecule has 0 radical (unpaired) electrons. The molecule has 2 aromatic rings. The average molecular weight is 428 g/mol. The lowest BCUT2D eigenvalue weighted by Crippen LogP contribution is -2.26. The third-order valence-corrected chi connectivity index (χ3v) is 6.81. The Bertz CT molecular complexity index is 1060. The molecule has 7 nitrogen and oxygen atoms in total. The number of carbonyl (C=O) groups excluding carboxylic acids is 2. The van der Waals surface area contributed by atoms with E-state index in [2.05, 4.69) is 5.32 Å². The van der Waals surface area contributed by atoms with Crippen molar-refractivity contribution in [2.75, 3.05) is 25.5 Å². The molecule has 1 N–H and O–H groups in total. The van der Waals surface area contributed by atoms with Crippen LogP contribution < -0.4 is 10.2 Å². The first-order valence-corrected chi connectivity index (χ1v) is 11.1. The minimum atomic E-state index is -3.59. The van der Waals surface area contributed by atoms with Crippen LogP contribution >= 0.6 is 0 Å². The van der Waals surface area contributed by atoms with E-state index < -0.39 is 10.0 Å². The van der Waals surface area contributed by atoms with Crippen LogP contribution in [0, 0.1) is 0 Å². The van der Waals surface area contributed by atoms with Gasteiger partial charge in [0.1, 0.15) is 0 Å². The van der Waals surface area contributed by atoms with Crippen LogP contribution in [-0.4, -0.2) is 45.2 Å². The number of hydrogen-bond donors (Lipinski definition) is 1. The molecule has 0 bridgehead atoms. The maximum absolute atomic E-state index is 12.4. The van der Waals surface area contributed by atoms with Crippen LogP contribution in [-0.2, 0) is 26.2 Å². The summed E-state index contributed by atoms with van der Waals surface area (Å²) in [6, 6.07) is 14.0. The van der Waals surface area contributed by atoms with Gasteiger partial charge in [-0.2, -0.15) is 0 Å². The van der Waals surface area contributed by atoms with Crippen LogP contribution in [0.15, 0.2) is 59.5 Å². The monoisotopic (exact) mass is 427 g/mol. The van der Waals surface area contributed by atoms with Crippen molar-refractivity contribution in [3.63, 3.8) is 0 Å². The molecule has 0 aliphatic carbocycles. The average Bonchev–Trinajstić information content (AvgIpc) is 3.17. The normalized spacial score (nSPS) is 14.6. The molecule has 0 atom stereocenters. The van der Waals surface area contributed by atoms with Gasteiger partial charge in [-0.1, -0.05) is 30.3 Å². The number of carbonyl (C=O) groups is 2. The van der Waals surface area contributed by atoms with Gasteiger partial charge >= 0.3 is 0 Å². The summed E-state index contributed by atoms with van der Waals surface area (Å²) in [6.07, 6.45) is 4.53. The summed E-state index contributed by atoms with van der Waals surface area (Å²) >= 11 is 0. The third-order valence-electron chi connectivity index (χ3n) is 4.89. The van der Waals surface area contributed by atoms with Crippen LogP contribution in [0.1, 0.15) is 24.0 Å². The number of anilines is 1. The van der Waals surface area contributed by atoms with E-state index in [0.29, 0.717) is 12.0 Å². The molecular weight excluding hydrogens is 402 g/mol. The second-order valence-electron chi connectivity index (χ2n) is 7.19. The summed E-state index contributed by atoms with van der Waals surface area (Å²) in [7, 11) is -0.649. The van der Waals surface area contributed by atoms with Crippen LogP contribution in [0.2, 0.25) is 0 Å². The standard InChI is InChI=1S/C22H25N3O4S/c1-24(2)30(28,29)20-7-4-3-6-18(20)16-23-21(26)14-11-17-9-12-19(13-10-17)25-15-5-8-22(25)27/h3-4,6-7,9-14H,5,8,15-16H2,1-2H3,(H,23,26)/b14-11+. The van der Waals surface area contributed by atoms with Gasteiger partial charge in [0.25, 0.3) is 0 Å². The summed E-state index contributed by atoms with van der Waals surface area (Å²) < 4.78 is 26.0. The summed E-state index contributed by atoms with van der Waals surface area (Å²) in [5.74, 6) is -0.194. The van der Waals surface area contributed by atoms with Gasteiger partial charge in [0, 0.05) is 45.4 Å². The molecule has 1 aliphatic heterocycles. The fourth-order valence-electron chi connectivity index (χ4n) is 3.20. The van der Waals surface area contributed by atoms with Gasteiger partial charge in [0.2, 0.25) is 21.8 Å². The molecule has 1 aliphatic rings. The topological polar surface area (TPSA) is 86.8 Å². The fraction of sp³-hybridized carbons (Fsp3) is 0.273. The minimum Gasteiger partial charge on any atom is -0.348 e. The van der Waals surface area contributed by atoms with Crippen molar-refractivity contribution in [1.82, 2.24) is 9.62 Å². The second-order valence-corrected chi connectivity index (χ2v) is 9.31. The smallest absolute Gasteiger partial charge is 0.244 e. The molecule has 3 rings (SSSR count). The lowest BCUT2D eigenvalue weighted by atomic mass is 10.2. The zero-order chi connectivity index (χ0) is 21.7. The lowest BCUT2D eigenvalue weighted by molar-refractivity contribution is -0.117. The molecule has 1 saturated heterocycles. The van der Waals surface area contributed by atoms with E-state index in [-0.39, 0.29) is 23.3 Å². The summed E-state index contributed by atoms with van der Waals surface area (Å²) in [6.45, 7) is 0.837. The Kier molecular flexibility index (Phi) is 6.69. The van der Waals surface area contributed by atoms with E-state index in [1.807, 2.05) is 24.3 Å². The summed E-state index contributed by atoms with van der Waals surface area (Å²) in [4.78, 5) is 25.9. The van der Waals surface area contributed by atoms with Crippen LogP contribution in [0.4, 0.5) is 5.69 Å². The molecular formula is C22H25N3O4S. The van der Waals surface area contributed by atoms with Crippen molar-refractivity contribution < 1.29 is 18.0 Å². The van der Waals surface area contributed by atoms with Crippen molar-refractivity contribution in [2.45, 2.75) is 24.3 Å². The SMILES string of the molecule is CN(C)S(=O)(=O)c1ccccc1CNC(=O)/C=C/c1ccc(N2CCCC2=O)cc1. The van der Waals surface area contributed by atoms with Gasteiger partial charge < -0.3 is 10.2 Å². The molecule has 2 aromatic carbocycles. The molecule has 1 heterocycles. The molecule has 0 unspecified atom stereocenters. The first kappa shape index (κ1) is 21.7. The van der Waals surface area contributed by atoms with Crippen LogP contribution in [0.3, 0.4) is 0 Å². The molecule has 158 valence electrons. The summed E-state index contributed by atoms with van der Waals surface area (Å²) in [5, 5.41) is 2.72. The number of benzene rings is 2. The number of hydrogen-bond acceptors (Lipinski definition) is 4. The van der Waals surface area contributed by atoms with E-state index in [1.54, 1.807) is 29.2 Å². The van der Waals surface area contributed by atoms with Gasteiger partial charge in [0.05, 0.1) is 4.90 Å². The van der Waals surface area contributed by atoms with Gasteiger partial charge in [-0.3, -0.25) is 9.59 Å². The Morgan fingerprint density at radius 2 is 1.83 bits per heavy atom. The van der Waals surface area contributed by atoms with E-state index in [9.17, 15) is 18.0 Å². The Morgan fingerprint density at radius 1 is 1.13 bits per heavy atom. The van der Waals surface area contributed by atoms with Gasteiger partial charge in [-0.25, -0.2) is 12.7 Å². The summed E-state index contributed by atoms with van der Waals surface area (Å²) in [5.41, 5.74) is 2.21. The van der Waals surface area contributed by atoms with Gasteiger partial charge in [-0.05, 0) is 41.8 Å².